The van der Waals surface area contributed by atoms with Crippen molar-refractivity contribution >= 4 is 0 Å². The summed E-state index contributed by atoms with van der Waals surface area (Å²) in [6.45, 7) is 17.8. The smallest absolute Gasteiger partial charge is 0.157 e. The first-order chi connectivity index (χ1) is 11.9. The van der Waals surface area contributed by atoms with Gasteiger partial charge in [0, 0.05) is 0 Å². The van der Waals surface area contributed by atoms with Gasteiger partial charge in [-0.15, -0.1) is 0 Å². The van der Waals surface area contributed by atoms with Gasteiger partial charge in [-0.2, -0.15) is 0 Å². The van der Waals surface area contributed by atoms with Crippen molar-refractivity contribution in [2.24, 2.45) is 17.3 Å². The van der Waals surface area contributed by atoms with Crippen molar-refractivity contribution in [1.82, 2.24) is 0 Å². The van der Waals surface area contributed by atoms with Gasteiger partial charge in [0.1, 0.15) is 0 Å². The molecule has 0 bridgehead atoms. The topological polar surface area (TPSA) is 18.5 Å². The van der Waals surface area contributed by atoms with Crippen molar-refractivity contribution in [2.45, 2.75) is 119 Å². The molecule has 0 saturated carbocycles. The zero-order chi connectivity index (χ0) is 19.1. The molecule has 2 unspecified atom stereocenters. The number of hydrogen-bond acceptors (Lipinski definition) is 2. The fourth-order valence-corrected chi connectivity index (χ4v) is 3.30. The molecule has 0 radical (unpaired) electrons. The molecular formula is C23H48O2. The molecule has 0 spiro atoms. The van der Waals surface area contributed by atoms with Crippen LogP contribution in [0.3, 0.4) is 0 Å². The number of ether oxygens (including phenoxy) is 2. The molecule has 0 rings (SSSR count). The van der Waals surface area contributed by atoms with Gasteiger partial charge >= 0.3 is 0 Å². The Kier molecular flexibility index (Phi) is 15.0. The molecule has 152 valence electrons. The first-order valence-corrected chi connectivity index (χ1v) is 11.1. The zero-order valence-corrected chi connectivity index (χ0v) is 18.5. The van der Waals surface area contributed by atoms with Gasteiger partial charge in [0.25, 0.3) is 0 Å². The van der Waals surface area contributed by atoms with Crippen molar-refractivity contribution < 1.29 is 9.47 Å². The van der Waals surface area contributed by atoms with Crippen molar-refractivity contribution in [3.63, 3.8) is 0 Å². The number of rotatable bonds is 16. The highest BCUT2D eigenvalue weighted by molar-refractivity contribution is 4.63. The average molecular weight is 357 g/mol. The highest BCUT2D eigenvalue weighted by Gasteiger charge is 2.16. The second-order valence-electron chi connectivity index (χ2n) is 9.03. The van der Waals surface area contributed by atoms with Crippen LogP contribution in [-0.2, 0) is 9.47 Å². The maximum absolute atomic E-state index is 6.23. The van der Waals surface area contributed by atoms with Gasteiger partial charge in [0.15, 0.2) is 6.29 Å². The minimum absolute atomic E-state index is 0.00298. The van der Waals surface area contributed by atoms with Gasteiger partial charge in [-0.25, -0.2) is 0 Å². The summed E-state index contributed by atoms with van der Waals surface area (Å²) in [5, 5.41) is 0. The molecule has 25 heavy (non-hydrogen) atoms. The Morgan fingerprint density at radius 2 is 1.16 bits per heavy atom. The van der Waals surface area contributed by atoms with E-state index >= 15 is 0 Å². The average Bonchev–Trinajstić information content (AvgIpc) is 2.56. The standard InChI is InChI=1S/C23H48O2/c1-8-14-20(10-3)18-24-22(16-12-13-17-23(5,6)7)25-19-21(11-4)15-9-2/h20-22H,8-19H2,1-7H3. The Hall–Kier alpha value is -0.0800. The van der Waals surface area contributed by atoms with Crippen LogP contribution in [0, 0.1) is 17.3 Å². The van der Waals surface area contributed by atoms with Crippen LogP contribution in [0.1, 0.15) is 113 Å². The van der Waals surface area contributed by atoms with E-state index in [-0.39, 0.29) is 6.29 Å². The Morgan fingerprint density at radius 3 is 1.52 bits per heavy atom. The molecule has 2 atom stereocenters. The van der Waals surface area contributed by atoms with E-state index in [1.165, 1.54) is 57.8 Å². The summed E-state index contributed by atoms with van der Waals surface area (Å²) in [7, 11) is 0. The molecule has 0 aliphatic heterocycles. The van der Waals surface area contributed by atoms with Crippen LogP contribution in [0.5, 0.6) is 0 Å². The molecule has 0 amide bonds. The second kappa shape index (κ2) is 15.0. The van der Waals surface area contributed by atoms with E-state index in [0.717, 1.165) is 19.6 Å². The number of unbranched alkanes of at least 4 members (excludes halogenated alkanes) is 1. The van der Waals surface area contributed by atoms with Crippen LogP contribution >= 0.6 is 0 Å². The molecule has 0 N–H and O–H groups in total. The van der Waals surface area contributed by atoms with Gasteiger partial charge < -0.3 is 9.47 Å². The SMILES string of the molecule is CCCC(CC)COC(CCCCC(C)(C)C)OCC(CC)CCC. The Morgan fingerprint density at radius 1 is 0.680 bits per heavy atom. The minimum Gasteiger partial charge on any atom is -0.352 e. The molecule has 0 aromatic rings. The molecule has 2 heteroatoms. The van der Waals surface area contributed by atoms with Crippen molar-refractivity contribution in [2.75, 3.05) is 13.2 Å². The maximum Gasteiger partial charge on any atom is 0.157 e. The lowest BCUT2D eigenvalue weighted by Crippen LogP contribution is -2.24. The summed E-state index contributed by atoms with van der Waals surface area (Å²) >= 11 is 0. The summed E-state index contributed by atoms with van der Waals surface area (Å²) in [5.74, 6) is 1.37. The van der Waals surface area contributed by atoms with Gasteiger partial charge in [0.2, 0.25) is 0 Å². The van der Waals surface area contributed by atoms with Gasteiger partial charge in [-0.3, -0.25) is 0 Å². The molecule has 0 aromatic carbocycles. The maximum atomic E-state index is 6.23. The third kappa shape index (κ3) is 14.7. The highest BCUT2D eigenvalue weighted by Crippen LogP contribution is 2.23. The molecule has 0 heterocycles. The normalized spacial score (nSPS) is 16.0. The van der Waals surface area contributed by atoms with Gasteiger partial charge in [-0.1, -0.05) is 80.6 Å². The first kappa shape index (κ1) is 24.9. The quantitative estimate of drug-likeness (QED) is 0.209. The van der Waals surface area contributed by atoms with E-state index in [2.05, 4.69) is 48.5 Å². The lowest BCUT2D eigenvalue weighted by molar-refractivity contribution is -0.162. The van der Waals surface area contributed by atoms with E-state index in [4.69, 9.17) is 9.47 Å². The van der Waals surface area contributed by atoms with Crippen molar-refractivity contribution in [1.29, 1.82) is 0 Å². The summed E-state index contributed by atoms with van der Waals surface area (Å²) in [6.07, 6.45) is 12.2. The molecule has 0 saturated heterocycles. The molecule has 0 fully saturated rings. The third-order valence-electron chi connectivity index (χ3n) is 5.20. The fraction of sp³-hybridized carbons (Fsp3) is 1.00. The van der Waals surface area contributed by atoms with Crippen LogP contribution in [0.4, 0.5) is 0 Å². The summed E-state index contributed by atoms with van der Waals surface area (Å²) in [6, 6.07) is 0. The number of hydrogen-bond donors (Lipinski definition) is 0. The fourth-order valence-electron chi connectivity index (χ4n) is 3.30. The largest absolute Gasteiger partial charge is 0.352 e. The zero-order valence-electron chi connectivity index (χ0n) is 18.5. The predicted octanol–water partition coefficient (Wildman–Crippen LogP) is 7.60. The Balaban J connectivity index is 4.37. The second-order valence-corrected chi connectivity index (χ2v) is 9.03. The van der Waals surface area contributed by atoms with E-state index in [0.29, 0.717) is 17.3 Å². The molecule has 0 aliphatic carbocycles. The van der Waals surface area contributed by atoms with Crippen molar-refractivity contribution in [3.8, 4) is 0 Å². The van der Waals surface area contributed by atoms with E-state index in [1.54, 1.807) is 0 Å². The lowest BCUT2D eigenvalue weighted by Gasteiger charge is -2.25. The molecule has 2 nitrogen and oxygen atoms in total. The van der Waals surface area contributed by atoms with Crippen molar-refractivity contribution in [3.05, 3.63) is 0 Å². The summed E-state index contributed by atoms with van der Waals surface area (Å²) in [5.41, 5.74) is 0.431. The summed E-state index contributed by atoms with van der Waals surface area (Å²) in [4.78, 5) is 0. The Labute approximate surface area is 159 Å². The van der Waals surface area contributed by atoms with E-state index < -0.39 is 0 Å². The van der Waals surface area contributed by atoms with Crippen LogP contribution < -0.4 is 0 Å². The first-order valence-electron chi connectivity index (χ1n) is 11.1. The minimum atomic E-state index is -0.00298. The van der Waals surface area contributed by atoms with E-state index in [9.17, 15) is 0 Å². The Bertz CT molecular complexity index is 264. The lowest BCUT2D eigenvalue weighted by atomic mass is 9.89. The van der Waals surface area contributed by atoms with E-state index in [1.807, 2.05) is 0 Å². The third-order valence-corrected chi connectivity index (χ3v) is 5.20. The van der Waals surface area contributed by atoms with Crippen LogP contribution in [0.2, 0.25) is 0 Å². The van der Waals surface area contributed by atoms with Crippen LogP contribution in [-0.4, -0.2) is 19.5 Å². The molecule has 0 aliphatic rings. The molecular weight excluding hydrogens is 308 g/mol. The monoisotopic (exact) mass is 356 g/mol. The van der Waals surface area contributed by atoms with Crippen LogP contribution in [0.25, 0.3) is 0 Å². The van der Waals surface area contributed by atoms with Gasteiger partial charge in [-0.05, 0) is 49.4 Å². The highest BCUT2D eigenvalue weighted by atomic mass is 16.7. The summed E-state index contributed by atoms with van der Waals surface area (Å²) < 4.78 is 12.5. The van der Waals surface area contributed by atoms with Crippen LogP contribution in [0.15, 0.2) is 0 Å². The van der Waals surface area contributed by atoms with Gasteiger partial charge in [0.05, 0.1) is 13.2 Å². The predicted molar refractivity (Wildman–Crippen MR) is 111 cm³/mol. The molecule has 0 aromatic heterocycles.